The molecule has 3 amide bonds. The number of likely N-dealkylation sites (tertiary alicyclic amines) is 1. The molecule has 2 fully saturated rings. The standard InChI is InChI=1S/C30H43N3O7.C10H22O/c1-19(34)20-15-21(18-31(17-20)28(37)40-29(2,3)4)26(35)33(22-9-10-22)23-11-12-25-24(16-23)32(13-8-14-38-7)27(36)30(5,6)39-25;1-5-11-7-6-10(4)8-9(2)3/h11-12,16,20-22H,8-10,13-15,17-18H2,1-7H3;9-10H,5-8H2,1-4H3. The minimum Gasteiger partial charge on any atom is -0.476 e. The molecule has 1 saturated heterocycles. The van der Waals surface area contributed by atoms with E-state index in [1.54, 1.807) is 51.5 Å². The molecular formula is C40H65N3O8. The number of hydrogen-bond donors (Lipinski definition) is 0. The molecule has 0 radical (unpaired) electrons. The second-order valence-electron chi connectivity index (χ2n) is 16.4. The Labute approximate surface area is 306 Å². The van der Waals surface area contributed by atoms with E-state index in [-0.39, 0.29) is 36.7 Å². The molecule has 0 N–H and O–H groups in total. The van der Waals surface area contributed by atoms with Crippen LogP contribution in [-0.2, 0) is 28.6 Å². The molecule has 2 aliphatic heterocycles. The first kappa shape index (κ1) is 42.2. The lowest BCUT2D eigenvalue weighted by Crippen LogP contribution is -2.53. The van der Waals surface area contributed by atoms with Crippen LogP contribution in [0.5, 0.6) is 5.75 Å². The summed E-state index contributed by atoms with van der Waals surface area (Å²) in [4.78, 5) is 57.8. The summed E-state index contributed by atoms with van der Waals surface area (Å²) in [6.07, 6.45) is 4.78. The first-order chi connectivity index (χ1) is 23.9. The summed E-state index contributed by atoms with van der Waals surface area (Å²) in [6.45, 7) is 22.5. The van der Waals surface area contributed by atoms with Crippen LogP contribution in [0.15, 0.2) is 18.2 Å². The number of fused-ring (bicyclic) bond motifs is 1. The smallest absolute Gasteiger partial charge is 0.410 e. The van der Waals surface area contributed by atoms with Gasteiger partial charge in [0.1, 0.15) is 17.1 Å². The summed E-state index contributed by atoms with van der Waals surface area (Å²) in [6, 6.07) is 5.54. The SMILES string of the molecule is CCOCCC(C)CC(C)C.COCCCN1C(=O)C(C)(C)Oc2ccc(N(C(=O)C3CC(C(C)=O)CN(C(=O)OC(C)(C)C)C3)C3CC3)cc21. The van der Waals surface area contributed by atoms with Crippen molar-refractivity contribution in [1.29, 1.82) is 0 Å². The number of rotatable bonds is 14. The molecule has 0 bridgehead atoms. The van der Waals surface area contributed by atoms with Gasteiger partial charge in [-0.2, -0.15) is 0 Å². The minimum atomic E-state index is -1.01. The predicted octanol–water partition coefficient (Wildman–Crippen LogP) is 7.28. The number of hydrogen-bond acceptors (Lipinski definition) is 8. The second-order valence-corrected chi connectivity index (χ2v) is 16.4. The zero-order valence-corrected chi connectivity index (χ0v) is 33.2. The van der Waals surface area contributed by atoms with Crippen LogP contribution in [0, 0.1) is 23.7 Å². The lowest BCUT2D eigenvalue weighted by Gasteiger charge is -2.40. The van der Waals surface area contributed by atoms with Gasteiger partial charge in [0.05, 0.1) is 11.6 Å². The third-order valence-electron chi connectivity index (χ3n) is 9.38. The number of ketones is 1. The van der Waals surface area contributed by atoms with Gasteiger partial charge in [-0.1, -0.05) is 20.8 Å². The number of carbonyl (C=O) groups excluding carboxylic acids is 4. The van der Waals surface area contributed by atoms with Crippen molar-refractivity contribution in [2.75, 3.05) is 56.4 Å². The van der Waals surface area contributed by atoms with E-state index in [0.29, 0.717) is 43.1 Å². The molecule has 3 unspecified atom stereocenters. The maximum atomic E-state index is 14.1. The van der Waals surface area contributed by atoms with Gasteiger partial charge in [0.15, 0.2) is 5.60 Å². The lowest BCUT2D eigenvalue weighted by molar-refractivity contribution is -0.132. The third kappa shape index (κ3) is 12.5. The number of carbonyl (C=O) groups is 4. The van der Waals surface area contributed by atoms with E-state index in [4.69, 9.17) is 18.9 Å². The van der Waals surface area contributed by atoms with E-state index in [0.717, 1.165) is 37.9 Å². The van der Waals surface area contributed by atoms with Crippen LogP contribution in [0.2, 0.25) is 0 Å². The molecule has 4 rings (SSSR count). The van der Waals surface area contributed by atoms with Crippen molar-refractivity contribution >= 4 is 35.1 Å². The molecule has 1 aromatic carbocycles. The van der Waals surface area contributed by atoms with Crippen molar-refractivity contribution in [3.63, 3.8) is 0 Å². The molecule has 3 aliphatic rings. The number of amides is 3. The Morgan fingerprint density at radius 1 is 1.06 bits per heavy atom. The molecule has 0 spiro atoms. The van der Waals surface area contributed by atoms with Crippen LogP contribution < -0.4 is 14.5 Å². The van der Waals surface area contributed by atoms with Crippen LogP contribution in [-0.4, -0.2) is 92.4 Å². The van der Waals surface area contributed by atoms with E-state index < -0.39 is 29.1 Å². The van der Waals surface area contributed by atoms with E-state index in [1.807, 2.05) is 25.1 Å². The molecule has 11 heteroatoms. The fourth-order valence-electron chi connectivity index (χ4n) is 6.74. The first-order valence-corrected chi connectivity index (χ1v) is 18.9. The average Bonchev–Trinajstić information content (AvgIpc) is 3.87. The number of Topliss-reactive ketones (excluding diaryl/α,β-unsaturated/α-hetero) is 1. The zero-order valence-electron chi connectivity index (χ0n) is 33.2. The highest BCUT2D eigenvalue weighted by molar-refractivity contribution is 6.04. The van der Waals surface area contributed by atoms with Gasteiger partial charge in [0.25, 0.3) is 5.91 Å². The Kier molecular flexibility index (Phi) is 15.4. The van der Waals surface area contributed by atoms with Crippen LogP contribution >= 0.6 is 0 Å². The maximum absolute atomic E-state index is 14.1. The Morgan fingerprint density at radius 2 is 1.73 bits per heavy atom. The molecule has 1 saturated carbocycles. The number of nitrogens with zero attached hydrogens (tertiary/aromatic N) is 3. The summed E-state index contributed by atoms with van der Waals surface area (Å²) >= 11 is 0. The first-order valence-electron chi connectivity index (χ1n) is 18.9. The molecule has 11 nitrogen and oxygen atoms in total. The molecule has 288 valence electrons. The van der Waals surface area contributed by atoms with Crippen LogP contribution in [0.25, 0.3) is 0 Å². The Hall–Kier alpha value is -3.18. The molecule has 2 heterocycles. The van der Waals surface area contributed by atoms with Crippen molar-refractivity contribution < 1.29 is 38.1 Å². The minimum absolute atomic E-state index is 0.0248. The number of methoxy groups -OCH3 is 1. The van der Waals surface area contributed by atoms with Gasteiger partial charge >= 0.3 is 6.09 Å². The van der Waals surface area contributed by atoms with Crippen LogP contribution in [0.1, 0.15) is 108 Å². The predicted molar refractivity (Wildman–Crippen MR) is 200 cm³/mol. The molecule has 51 heavy (non-hydrogen) atoms. The van der Waals surface area contributed by atoms with Crippen LogP contribution in [0.4, 0.5) is 16.2 Å². The monoisotopic (exact) mass is 715 g/mol. The van der Waals surface area contributed by atoms with Crippen molar-refractivity contribution in [3.05, 3.63) is 18.2 Å². The Balaban J connectivity index is 0.000000551. The maximum Gasteiger partial charge on any atom is 0.410 e. The van der Waals surface area contributed by atoms with Crippen molar-refractivity contribution in [1.82, 2.24) is 4.90 Å². The van der Waals surface area contributed by atoms with E-state index in [9.17, 15) is 19.2 Å². The van der Waals surface area contributed by atoms with Crippen molar-refractivity contribution in [2.45, 2.75) is 125 Å². The molecular weight excluding hydrogens is 650 g/mol. The average molecular weight is 716 g/mol. The summed E-state index contributed by atoms with van der Waals surface area (Å²) in [5.74, 6) is 0.902. The molecule has 3 atom stereocenters. The third-order valence-corrected chi connectivity index (χ3v) is 9.38. The number of piperidine rings is 1. The molecule has 1 aromatic rings. The second kappa shape index (κ2) is 18.5. The van der Waals surface area contributed by atoms with Crippen molar-refractivity contribution in [3.8, 4) is 5.75 Å². The summed E-state index contributed by atoms with van der Waals surface area (Å²) in [7, 11) is 1.63. The Morgan fingerprint density at radius 3 is 2.29 bits per heavy atom. The molecule has 0 aromatic heterocycles. The van der Waals surface area contributed by atoms with Crippen molar-refractivity contribution in [2.24, 2.45) is 23.7 Å². The van der Waals surface area contributed by atoms with Gasteiger partial charge in [-0.05, 0) is 117 Å². The van der Waals surface area contributed by atoms with Gasteiger partial charge in [0.2, 0.25) is 5.91 Å². The Bertz CT molecular complexity index is 1340. The van der Waals surface area contributed by atoms with Gasteiger partial charge in [-0.25, -0.2) is 4.79 Å². The highest BCUT2D eigenvalue weighted by Crippen LogP contribution is 2.43. The fraction of sp³-hybridized carbons (Fsp3) is 0.750. The summed E-state index contributed by atoms with van der Waals surface area (Å²) < 4.78 is 22.1. The number of benzene rings is 1. The lowest BCUT2D eigenvalue weighted by atomic mass is 9.86. The zero-order chi connectivity index (χ0) is 38.1. The van der Waals surface area contributed by atoms with Gasteiger partial charge in [0, 0.05) is 64.2 Å². The summed E-state index contributed by atoms with van der Waals surface area (Å²) in [5.41, 5.74) is -0.404. The fourth-order valence-corrected chi connectivity index (χ4v) is 6.74. The topological polar surface area (TPSA) is 115 Å². The number of ether oxygens (including phenoxy) is 4. The van der Waals surface area contributed by atoms with Gasteiger partial charge in [-0.3, -0.25) is 14.4 Å². The highest BCUT2D eigenvalue weighted by atomic mass is 16.6. The highest BCUT2D eigenvalue weighted by Gasteiger charge is 2.44. The van der Waals surface area contributed by atoms with E-state index in [2.05, 4.69) is 20.8 Å². The largest absolute Gasteiger partial charge is 0.476 e. The van der Waals surface area contributed by atoms with Crippen LogP contribution in [0.3, 0.4) is 0 Å². The number of anilines is 2. The van der Waals surface area contributed by atoms with E-state index >= 15 is 0 Å². The van der Waals surface area contributed by atoms with Gasteiger partial charge < -0.3 is 33.6 Å². The van der Waals surface area contributed by atoms with E-state index in [1.165, 1.54) is 24.7 Å². The van der Waals surface area contributed by atoms with Gasteiger partial charge in [-0.15, -0.1) is 0 Å². The quantitative estimate of drug-likeness (QED) is 0.185. The summed E-state index contributed by atoms with van der Waals surface area (Å²) in [5, 5.41) is 0. The normalized spacial score (nSPS) is 20.5. The molecule has 1 aliphatic carbocycles.